The Bertz CT molecular complexity index is 1170. The average molecular weight is 463 g/mol. The van der Waals surface area contributed by atoms with Crippen molar-refractivity contribution in [3.8, 4) is 0 Å². The first-order chi connectivity index (χ1) is 16.3. The number of para-hydroxylation sites is 2. The summed E-state index contributed by atoms with van der Waals surface area (Å²) in [5, 5.41) is 5.87. The molecule has 2 aromatic carbocycles. The topological polar surface area (TPSA) is 93.1 Å². The van der Waals surface area contributed by atoms with Gasteiger partial charge in [0.1, 0.15) is 12.2 Å². The Hall–Kier alpha value is -3.48. The van der Waals surface area contributed by atoms with Crippen LogP contribution in [0.4, 0.5) is 0 Å². The molecule has 34 heavy (non-hydrogen) atoms. The number of aromatic nitrogens is 2. The third kappa shape index (κ3) is 7.27. The fraction of sp³-hybridized carbons (Fsp3) is 0.407. The van der Waals surface area contributed by atoms with Crippen LogP contribution in [0, 0.1) is 5.92 Å². The van der Waals surface area contributed by atoms with Crippen molar-refractivity contribution in [2.24, 2.45) is 5.92 Å². The molecule has 3 aromatic rings. The number of amides is 2. The first-order valence-corrected chi connectivity index (χ1v) is 11.9. The number of rotatable bonds is 11. The molecule has 0 bridgehead atoms. The predicted molar refractivity (Wildman–Crippen MR) is 135 cm³/mol. The molecule has 7 heteroatoms. The highest BCUT2D eigenvalue weighted by Crippen LogP contribution is 2.11. The molecular weight excluding hydrogens is 428 g/mol. The van der Waals surface area contributed by atoms with E-state index in [-0.39, 0.29) is 42.8 Å². The van der Waals surface area contributed by atoms with E-state index in [0.29, 0.717) is 29.2 Å². The van der Waals surface area contributed by atoms with Gasteiger partial charge in [-0.15, -0.1) is 0 Å². The van der Waals surface area contributed by atoms with Gasteiger partial charge in [-0.3, -0.25) is 19.0 Å². The molecule has 0 aliphatic rings. The normalized spacial score (nSPS) is 12.0. The van der Waals surface area contributed by atoms with Crippen molar-refractivity contribution < 1.29 is 9.59 Å². The summed E-state index contributed by atoms with van der Waals surface area (Å²) in [7, 11) is 0. The molecule has 0 fully saturated rings. The molecule has 3 rings (SSSR count). The highest BCUT2D eigenvalue weighted by Gasteiger charge is 2.16. The summed E-state index contributed by atoms with van der Waals surface area (Å²) in [5.41, 5.74) is 2.42. The number of hydrogen-bond acceptors (Lipinski definition) is 4. The van der Waals surface area contributed by atoms with Crippen LogP contribution in [-0.4, -0.2) is 34.0 Å². The molecule has 0 spiro atoms. The van der Waals surface area contributed by atoms with Crippen LogP contribution in [-0.2, 0) is 29.0 Å². The number of fused-ring (bicyclic) bond motifs is 1. The zero-order chi connectivity index (χ0) is 24.5. The van der Waals surface area contributed by atoms with Crippen LogP contribution in [0.3, 0.4) is 0 Å². The Balaban J connectivity index is 1.69. The van der Waals surface area contributed by atoms with Gasteiger partial charge in [-0.2, -0.15) is 0 Å². The summed E-state index contributed by atoms with van der Waals surface area (Å²) in [6.45, 7) is 6.52. The smallest absolute Gasteiger partial charge is 0.273 e. The van der Waals surface area contributed by atoms with E-state index in [0.717, 1.165) is 12.8 Å². The lowest BCUT2D eigenvalue weighted by Gasteiger charge is -2.16. The number of carbonyl (C=O) groups is 2. The highest BCUT2D eigenvalue weighted by molar-refractivity contribution is 5.80. The maximum absolute atomic E-state index is 13.2. The summed E-state index contributed by atoms with van der Waals surface area (Å²) in [6.07, 6.45) is 2.07. The van der Waals surface area contributed by atoms with Gasteiger partial charge in [0, 0.05) is 25.4 Å². The summed E-state index contributed by atoms with van der Waals surface area (Å²) < 4.78 is 1.46. The monoisotopic (exact) mass is 462 g/mol. The Morgan fingerprint density at radius 1 is 0.941 bits per heavy atom. The van der Waals surface area contributed by atoms with Gasteiger partial charge in [0.15, 0.2) is 0 Å². The Morgan fingerprint density at radius 2 is 1.65 bits per heavy atom. The van der Waals surface area contributed by atoms with Crippen LogP contribution in [0.2, 0.25) is 0 Å². The molecule has 1 heterocycles. The van der Waals surface area contributed by atoms with Crippen LogP contribution < -0.4 is 16.2 Å². The van der Waals surface area contributed by atoms with Crippen molar-refractivity contribution in [2.75, 3.05) is 6.54 Å². The predicted octanol–water partition coefficient (Wildman–Crippen LogP) is 3.24. The van der Waals surface area contributed by atoms with Gasteiger partial charge < -0.3 is 10.6 Å². The van der Waals surface area contributed by atoms with Crippen LogP contribution in [0.1, 0.15) is 44.9 Å². The number of nitrogens with one attached hydrogen (secondary N) is 2. The van der Waals surface area contributed by atoms with E-state index in [1.807, 2.05) is 57.2 Å². The summed E-state index contributed by atoms with van der Waals surface area (Å²) in [5.74, 6) is 0.0211. The zero-order valence-electron chi connectivity index (χ0n) is 20.2. The molecule has 0 aliphatic heterocycles. The molecule has 0 aliphatic carbocycles. The third-order valence-corrected chi connectivity index (χ3v) is 5.63. The molecule has 1 aromatic heterocycles. The summed E-state index contributed by atoms with van der Waals surface area (Å²) in [6, 6.07) is 17.4. The standard InChI is InChI=1S/C27H34N4O3/c1-19(2)17-28-25(32)16-15-23-27(34)31(24-12-8-7-11-22(24)30-23)18-26(33)29-20(3)13-14-21-9-5-4-6-10-21/h4-12,19-20H,13-18H2,1-3H3,(H,28,32)(H,29,33)/t20-/m1/s1. The van der Waals surface area contributed by atoms with Gasteiger partial charge in [0.2, 0.25) is 11.8 Å². The molecule has 1 atom stereocenters. The highest BCUT2D eigenvalue weighted by atomic mass is 16.2. The number of nitrogens with zero attached hydrogens (tertiary/aromatic N) is 2. The summed E-state index contributed by atoms with van der Waals surface area (Å²) in [4.78, 5) is 42.6. The van der Waals surface area contributed by atoms with Gasteiger partial charge in [0.25, 0.3) is 5.56 Å². The van der Waals surface area contributed by atoms with E-state index in [9.17, 15) is 14.4 Å². The maximum atomic E-state index is 13.2. The van der Waals surface area contributed by atoms with E-state index in [1.54, 1.807) is 6.07 Å². The van der Waals surface area contributed by atoms with Crippen molar-refractivity contribution in [1.82, 2.24) is 20.2 Å². The van der Waals surface area contributed by atoms with E-state index in [2.05, 4.69) is 27.8 Å². The SMILES string of the molecule is CC(C)CNC(=O)CCc1nc2ccccc2n(CC(=O)N[C@H](C)CCc2ccccc2)c1=O. The lowest BCUT2D eigenvalue weighted by atomic mass is 10.1. The molecule has 0 saturated carbocycles. The maximum Gasteiger partial charge on any atom is 0.273 e. The van der Waals surface area contributed by atoms with Gasteiger partial charge in [-0.25, -0.2) is 4.98 Å². The molecule has 7 nitrogen and oxygen atoms in total. The molecule has 2 N–H and O–H groups in total. The second-order valence-electron chi connectivity index (χ2n) is 9.13. The largest absolute Gasteiger partial charge is 0.356 e. The Morgan fingerprint density at radius 3 is 2.38 bits per heavy atom. The average Bonchev–Trinajstić information content (AvgIpc) is 2.82. The van der Waals surface area contributed by atoms with Gasteiger partial charge >= 0.3 is 0 Å². The van der Waals surface area contributed by atoms with Crippen molar-refractivity contribution in [3.05, 3.63) is 76.2 Å². The Labute approximate surface area is 200 Å². The van der Waals surface area contributed by atoms with E-state index in [4.69, 9.17) is 0 Å². The summed E-state index contributed by atoms with van der Waals surface area (Å²) >= 11 is 0. The molecule has 0 unspecified atom stereocenters. The van der Waals surface area contributed by atoms with E-state index in [1.165, 1.54) is 10.1 Å². The number of hydrogen-bond donors (Lipinski definition) is 2. The second-order valence-corrected chi connectivity index (χ2v) is 9.13. The first kappa shape index (κ1) is 25.1. The van der Waals surface area contributed by atoms with E-state index >= 15 is 0 Å². The van der Waals surface area contributed by atoms with Crippen LogP contribution >= 0.6 is 0 Å². The first-order valence-electron chi connectivity index (χ1n) is 11.9. The molecule has 0 radical (unpaired) electrons. The van der Waals surface area contributed by atoms with Crippen molar-refractivity contribution in [3.63, 3.8) is 0 Å². The zero-order valence-corrected chi connectivity index (χ0v) is 20.2. The number of carbonyl (C=O) groups excluding carboxylic acids is 2. The number of aryl methyl sites for hydroxylation is 2. The fourth-order valence-electron chi connectivity index (χ4n) is 3.77. The lowest BCUT2D eigenvalue weighted by Crippen LogP contribution is -2.38. The molecule has 180 valence electrons. The molecular formula is C27H34N4O3. The quantitative estimate of drug-likeness (QED) is 0.458. The van der Waals surface area contributed by atoms with Crippen molar-refractivity contribution >= 4 is 22.8 Å². The minimum absolute atomic E-state index is 0.0272. The minimum Gasteiger partial charge on any atom is -0.356 e. The Kier molecular flexibility index (Phi) is 8.96. The lowest BCUT2D eigenvalue weighted by molar-refractivity contribution is -0.122. The van der Waals surface area contributed by atoms with Crippen LogP contribution in [0.5, 0.6) is 0 Å². The fourth-order valence-corrected chi connectivity index (χ4v) is 3.77. The van der Waals surface area contributed by atoms with Crippen molar-refractivity contribution in [1.29, 1.82) is 0 Å². The number of benzene rings is 2. The molecule has 0 saturated heterocycles. The van der Waals surface area contributed by atoms with Crippen LogP contribution in [0.25, 0.3) is 11.0 Å². The van der Waals surface area contributed by atoms with Gasteiger partial charge in [-0.05, 0) is 43.4 Å². The third-order valence-electron chi connectivity index (χ3n) is 5.63. The van der Waals surface area contributed by atoms with Gasteiger partial charge in [-0.1, -0.05) is 56.3 Å². The minimum atomic E-state index is -0.331. The van der Waals surface area contributed by atoms with Gasteiger partial charge in [0.05, 0.1) is 11.0 Å². The van der Waals surface area contributed by atoms with Crippen molar-refractivity contribution in [2.45, 2.75) is 59.0 Å². The van der Waals surface area contributed by atoms with Crippen LogP contribution in [0.15, 0.2) is 59.4 Å². The molecule has 2 amide bonds. The van der Waals surface area contributed by atoms with E-state index < -0.39 is 0 Å². The second kappa shape index (κ2) is 12.1.